The first-order valence-electron chi connectivity index (χ1n) is 9.72. The molecule has 8 heteroatoms. The van der Waals surface area contributed by atoms with E-state index in [0.717, 1.165) is 55.9 Å². The fourth-order valence-corrected chi connectivity index (χ4v) is 3.76. The van der Waals surface area contributed by atoms with Crippen molar-refractivity contribution in [3.8, 4) is 17.0 Å². The molecule has 30 heavy (non-hydrogen) atoms. The molecular weight excluding hydrogens is 378 g/mol. The molecule has 0 aliphatic heterocycles. The molecule has 150 valence electrons. The van der Waals surface area contributed by atoms with Crippen LogP contribution in [-0.4, -0.2) is 34.9 Å². The van der Waals surface area contributed by atoms with E-state index in [2.05, 4.69) is 30.2 Å². The Labute approximate surface area is 173 Å². The van der Waals surface area contributed by atoms with Crippen LogP contribution in [0.3, 0.4) is 0 Å². The summed E-state index contributed by atoms with van der Waals surface area (Å²) in [6, 6.07) is 5.95. The second-order valence-electron chi connectivity index (χ2n) is 7.47. The SMILES string of the molecule is Cc1cc2nccnc2c(C(C)Oc2cc(C)c3[nH]nc(-c4cnn(C)c4)c3c2)n1. The van der Waals surface area contributed by atoms with Crippen molar-refractivity contribution >= 4 is 21.9 Å². The van der Waals surface area contributed by atoms with Gasteiger partial charge in [0.25, 0.3) is 0 Å². The molecule has 5 aromatic rings. The van der Waals surface area contributed by atoms with E-state index in [1.54, 1.807) is 17.1 Å². The van der Waals surface area contributed by atoms with E-state index in [1.807, 2.05) is 58.4 Å². The van der Waals surface area contributed by atoms with Gasteiger partial charge in [0.05, 0.1) is 17.2 Å². The van der Waals surface area contributed by atoms with Crippen LogP contribution in [0.15, 0.2) is 43.0 Å². The number of nitrogens with zero attached hydrogens (tertiary/aromatic N) is 6. The Hall–Kier alpha value is -3.81. The lowest BCUT2D eigenvalue weighted by Crippen LogP contribution is -2.08. The van der Waals surface area contributed by atoms with E-state index in [4.69, 9.17) is 4.74 Å². The van der Waals surface area contributed by atoms with E-state index < -0.39 is 0 Å². The van der Waals surface area contributed by atoms with E-state index in [0.29, 0.717) is 0 Å². The summed E-state index contributed by atoms with van der Waals surface area (Å²) in [5, 5.41) is 12.9. The van der Waals surface area contributed by atoms with Gasteiger partial charge in [-0.05, 0) is 44.5 Å². The van der Waals surface area contributed by atoms with Gasteiger partial charge in [0.15, 0.2) is 0 Å². The zero-order valence-corrected chi connectivity index (χ0v) is 17.2. The summed E-state index contributed by atoms with van der Waals surface area (Å²) in [6.07, 6.45) is 6.82. The van der Waals surface area contributed by atoms with Gasteiger partial charge in [0.2, 0.25) is 0 Å². The highest BCUT2D eigenvalue weighted by atomic mass is 16.5. The molecule has 1 unspecified atom stereocenters. The minimum atomic E-state index is -0.297. The van der Waals surface area contributed by atoms with Gasteiger partial charge in [-0.1, -0.05) is 0 Å². The Kier molecular flexibility index (Phi) is 4.20. The van der Waals surface area contributed by atoms with Gasteiger partial charge in [-0.3, -0.25) is 24.7 Å². The number of fused-ring (bicyclic) bond motifs is 2. The smallest absolute Gasteiger partial charge is 0.140 e. The lowest BCUT2D eigenvalue weighted by molar-refractivity contribution is 0.223. The molecular formula is C22H21N7O. The third-order valence-electron chi connectivity index (χ3n) is 5.13. The number of aryl methyl sites for hydroxylation is 3. The number of rotatable bonds is 4. The number of ether oxygens (including phenoxy) is 1. The maximum Gasteiger partial charge on any atom is 0.140 e. The van der Waals surface area contributed by atoms with Crippen LogP contribution in [0.1, 0.15) is 30.0 Å². The third-order valence-corrected chi connectivity index (χ3v) is 5.13. The summed E-state index contributed by atoms with van der Waals surface area (Å²) in [5.41, 5.74) is 7.07. The normalized spacial score (nSPS) is 12.5. The van der Waals surface area contributed by atoms with E-state index in [9.17, 15) is 0 Å². The Morgan fingerprint density at radius 3 is 2.73 bits per heavy atom. The number of aromatic nitrogens is 7. The van der Waals surface area contributed by atoms with Gasteiger partial charge in [-0.2, -0.15) is 10.2 Å². The fraction of sp³-hybridized carbons (Fsp3) is 0.227. The summed E-state index contributed by atoms with van der Waals surface area (Å²) < 4.78 is 8.09. The van der Waals surface area contributed by atoms with Crippen molar-refractivity contribution in [3.63, 3.8) is 0 Å². The Morgan fingerprint density at radius 2 is 1.93 bits per heavy atom. The molecule has 0 radical (unpaired) electrons. The number of nitrogens with one attached hydrogen (secondary N) is 1. The van der Waals surface area contributed by atoms with Crippen molar-refractivity contribution in [2.24, 2.45) is 7.05 Å². The standard InChI is InChI=1S/C22H21N7O/c1-12-7-16(9-17-19(12)27-28-21(17)15-10-25-29(4)11-15)30-14(3)20-22-18(8-13(2)26-20)23-5-6-24-22/h5-11,14H,1-4H3,(H,27,28). The zero-order chi connectivity index (χ0) is 20.8. The van der Waals surface area contributed by atoms with Crippen LogP contribution in [0.25, 0.3) is 33.2 Å². The highest BCUT2D eigenvalue weighted by molar-refractivity contribution is 5.95. The van der Waals surface area contributed by atoms with Crippen LogP contribution in [0.2, 0.25) is 0 Å². The van der Waals surface area contributed by atoms with Gasteiger partial charge in [0, 0.05) is 42.3 Å². The number of hydrogen-bond acceptors (Lipinski definition) is 6. The second-order valence-corrected chi connectivity index (χ2v) is 7.47. The van der Waals surface area contributed by atoms with Crippen LogP contribution >= 0.6 is 0 Å². The molecule has 5 rings (SSSR count). The largest absolute Gasteiger partial charge is 0.484 e. The number of H-pyrrole nitrogens is 1. The lowest BCUT2D eigenvalue weighted by atomic mass is 10.1. The monoisotopic (exact) mass is 399 g/mol. The van der Waals surface area contributed by atoms with Crippen molar-refractivity contribution in [3.05, 3.63) is 59.9 Å². The maximum absolute atomic E-state index is 6.33. The van der Waals surface area contributed by atoms with Crippen molar-refractivity contribution in [2.75, 3.05) is 0 Å². The Balaban J connectivity index is 1.56. The summed E-state index contributed by atoms with van der Waals surface area (Å²) >= 11 is 0. The predicted octanol–water partition coefficient (Wildman–Crippen LogP) is 4.06. The van der Waals surface area contributed by atoms with Crippen molar-refractivity contribution in [1.82, 2.24) is 34.9 Å². The molecule has 4 heterocycles. The highest BCUT2D eigenvalue weighted by Crippen LogP contribution is 2.33. The van der Waals surface area contributed by atoms with E-state index >= 15 is 0 Å². The molecule has 0 aliphatic rings. The number of pyridine rings is 1. The molecule has 0 bridgehead atoms. The molecule has 1 atom stereocenters. The summed E-state index contributed by atoms with van der Waals surface area (Å²) in [4.78, 5) is 13.6. The second kappa shape index (κ2) is 6.91. The zero-order valence-electron chi connectivity index (χ0n) is 17.2. The van der Waals surface area contributed by atoms with Gasteiger partial charge in [-0.15, -0.1) is 0 Å². The van der Waals surface area contributed by atoms with Crippen LogP contribution in [-0.2, 0) is 7.05 Å². The molecule has 0 saturated heterocycles. The third kappa shape index (κ3) is 3.06. The summed E-state index contributed by atoms with van der Waals surface area (Å²) in [7, 11) is 1.89. The van der Waals surface area contributed by atoms with Gasteiger partial charge < -0.3 is 4.74 Å². The maximum atomic E-state index is 6.33. The molecule has 0 fully saturated rings. The fourth-order valence-electron chi connectivity index (χ4n) is 3.76. The number of benzene rings is 1. The molecule has 1 N–H and O–H groups in total. The first-order valence-corrected chi connectivity index (χ1v) is 9.72. The van der Waals surface area contributed by atoms with Crippen LogP contribution in [0.4, 0.5) is 0 Å². The van der Waals surface area contributed by atoms with Gasteiger partial charge >= 0.3 is 0 Å². The average molecular weight is 399 g/mol. The minimum absolute atomic E-state index is 0.297. The molecule has 1 aromatic carbocycles. The van der Waals surface area contributed by atoms with Crippen LogP contribution < -0.4 is 4.74 Å². The quantitative estimate of drug-likeness (QED) is 0.490. The van der Waals surface area contributed by atoms with E-state index in [-0.39, 0.29) is 6.10 Å². The highest BCUT2D eigenvalue weighted by Gasteiger charge is 2.18. The topological polar surface area (TPSA) is 94.4 Å². The molecule has 0 aliphatic carbocycles. The summed E-state index contributed by atoms with van der Waals surface area (Å²) in [6.45, 7) is 5.97. The lowest BCUT2D eigenvalue weighted by Gasteiger charge is -2.17. The number of hydrogen-bond donors (Lipinski definition) is 1. The van der Waals surface area contributed by atoms with Crippen molar-refractivity contribution < 1.29 is 4.74 Å². The predicted molar refractivity (Wildman–Crippen MR) is 114 cm³/mol. The first kappa shape index (κ1) is 18.2. The van der Waals surface area contributed by atoms with Gasteiger partial charge in [-0.25, -0.2) is 0 Å². The average Bonchev–Trinajstić information content (AvgIpc) is 3.33. The Bertz CT molecular complexity index is 1390. The molecule has 0 spiro atoms. The van der Waals surface area contributed by atoms with Crippen molar-refractivity contribution in [1.29, 1.82) is 0 Å². The molecule has 0 amide bonds. The van der Waals surface area contributed by atoms with E-state index in [1.165, 1.54) is 0 Å². The van der Waals surface area contributed by atoms with Gasteiger partial charge in [0.1, 0.15) is 28.8 Å². The molecule has 8 nitrogen and oxygen atoms in total. The van der Waals surface area contributed by atoms with Crippen LogP contribution in [0.5, 0.6) is 5.75 Å². The summed E-state index contributed by atoms with van der Waals surface area (Å²) in [5.74, 6) is 0.749. The number of aromatic amines is 1. The molecule has 4 aromatic heterocycles. The minimum Gasteiger partial charge on any atom is -0.484 e. The van der Waals surface area contributed by atoms with Crippen molar-refractivity contribution in [2.45, 2.75) is 26.9 Å². The molecule has 0 saturated carbocycles. The van der Waals surface area contributed by atoms with Crippen LogP contribution in [0, 0.1) is 13.8 Å². The Morgan fingerprint density at radius 1 is 1.10 bits per heavy atom. The first-order chi connectivity index (χ1) is 14.5.